The molecule has 122 valence electrons. The average Bonchev–Trinajstić information content (AvgIpc) is 2.52. The Bertz CT molecular complexity index is 298. The minimum absolute atomic E-state index is 0.0838. The molecule has 0 saturated carbocycles. The van der Waals surface area contributed by atoms with E-state index in [0.717, 1.165) is 25.7 Å². The second-order valence-corrected chi connectivity index (χ2v) is 4.05. The van der Waals surface area contributed by atoms with Gasteiger partial charge in [0.05, 0.1) is 6.61 Å². The van der Waals surface area contributed by atoms with Crippen molar-refractivity contribution in [2.75, 3.05) is 26.9 Å². The van der Waals surface area contributed by atoms with Gasteiger partial charge in [-0.25, -0.2) is 0 Å². The van der Waals surface area contributed by atoms with E-state index in [0.29, 0.717) is 19.0 Å². The maximum atomic E-state index is 10.9. The van der Waals surface area contributed by atoms with Crippen molar-refractivity contribution in [1.29, 1.82) is 0 Å². The summed E-state index contributed by atoms with van der Waals surface area (Å²) in [6.07, 6.45) is 9.40. The molecule has 0 aliphatic carbocycles. The minimum Gasteiger partial charge on any atom is -0.494 e. The average molecular weight is 297 g/mol. The quantitative estimate of drug-likeness (QED) is 0.340. The third kappa shape index (κ3) is 18.4. The molecule has 0 atom stereocenters. The highest BCUT2D eigenvalue weighted by molar-refractivity contribution is 5.76. The molecule has 0 spiro atoms. The van der Waals surface area contributed by atoms with Crippen LogP contribution in [0.4, 0.5) is 0 Å². The predicted octanol–water partition coefficient (Wildman–Crippen LogP) is 3.61. The van der Waals surface area contributed by atoms with Gasteiger partial charge in [0, 0.05) is 13.7 Å². The molecular formula is C17H31NO3. The topological polar surface area (TPSA) is 47.6 Å². The van der Waals surface area contributed by atoms with Crippen molar-refractivity contribution < 1.29 is 14.3 Å². The Kier molecular flexibility index (Phi) is 19.1. The first-order valence-corrected chi connectivity index (χ1v) is 7.59. The van der Waals surface area contributed by atoms with Crippen LogP contribution in [-0.4, -0.2) is 32.8 Å². The van der Waals surface area contributed by atoms with Crippen molar-refractivity contribution in [2.24, 2.45) is 0 Å². The maximum Gasteiger partial charge on any atom is 0.245 e. The van der Waals surface area contributed by atoms with Crippen LogP contribution >= 0.6 is 0 Å². The molecule has 0 saturated heterocycles. The lowest BCUT2D eigenvalue weighted by molar-refractivity contribution is -0.125. The number of rotatable bonds is 12. The number of nitrogens with one attached hydrogen (secondary N) is 1. The van der Waals surface area contributed by atoms with Crippen LogP contribution in [0.1, 0.15) is 39.5 Å². The SMILES string of the molecule is C=C/C=C\C(=C)OCCCCCCOCC(=O)NC.CC. The lowest BCUT2D eigenvalue weighted by atomic mass is 10.2. The van der Waals surface area contributed by atoms with Crippen molar-refractivity contribution in [3.8, 4) is 0 Å². The van der Waals surface area contributed by atoms with Crippen LogP contribution in [0.15, 0.2) is 37.1 Å². The monoisotopic (exact) mass is 297 g/mol. The van der Waals surface area contributed by atoms with Gasteiger partial charge in [0.2, 0.25) is 5.91 Å². The number of hydrogen-bond acceptors (Lipinski definition) is 3. The number of unbranched alkanes of at least 4 members (excludes halogenated alkanes) is 3. The van der Waals surface area contributed by atoms with Gasteiger partial charge in [-0.1, -0.05) is 45.6 Å². The van der Waals surface area contributed by atoms with Crippen LogP contribution in [0.5, 0.6) is 0 Å². The fourth-order valence-electron chi connectivity index (χ4n) is 1.32. The first-order chi connectivity index (χ1) is 10.2. The van der Waals surface area contributed by atoms with E-state index < -0.39 is 0 Å². The van der Waals surface area contributed by atoms with Gasteiger partial charge in [-0.15, -0.1) is 0 Å². The zero-order valence-corrected chi connectivity index (χ0v) is 13.8. The summed E-state index contributed by atoms with van der Waals surface area (Å²) in [5.74, 6) is 0.577. The number of carbonyl (C=O) groups is 1. The summed E-state index contributed by atoms with van der Waals surface area (Å²) < 4.78 is 10.6. The van der Waals surface area contributed by atoms with Gasteiger partial charge < -0.3 is 14.8 Å². The summed E-state index contributed by atoms with van der Waals surface area (Å²) in [7, 11) is 1.60. The van der Waals surface area contributed by atoms with E-state index in [4.69, 9.17) is 9.47 Å². The van der Waals surface area contributed by atoms with Crippen molar-refractivity contribution in [2.45, 2.75) is 39.5 Å². The zero-order chi connectivity index (χ0) is 16.3. The fourth-order valence-corrected chi connectivity index (χ4v) is 1.32. The molecule has 0 radical (unpaired) electrons. The molecule has 4 heteroatoms. The highest BCUT2D eigenvalue weighted by Crippen LogP contribution is 2.03. The molecule has 0 unspecified atom stereocenters. The Hall–Kier alpha value is -1.55. The smallest absolute Gasteiger partial charge is 0.245 e. The Morgan fingerprint density at radius 2 is 1.76 bits per heavy atom. The van der Waals surface area contributed by atoms with Crippen LogP contribution in [0, 0.1) is 0 Å². The maximum absolute atomic E-state index is 10.9. The summed E-state index contributed by atoms with van der Waals surface area (Å²) in [4.78, 5) is 10.9. The standard InChI is InChI=1S/C15H25NO3.C2H6/c1-4-5-10-14(2)19-12-9-7-6-8-11-18-13-15(17)16-3;1-2/h4-5,10H,1-2,6-9,11-13H2,3H3,(H,16,17);1-2H3/b10-5-;. The molecule has 0 rings (SSSR count). The number of amides is 1. The first-order valence-electron chi connectivity index (χ1n) is 7.59. The Balaban J connectivity index is 0. The number of likely N-dealkylation sites (N-methyl/N-ethyl adjacent to an activating group) is 1. The van der Waals surface area contributed by atoms with Crippen molar-refractivity contribution in [3.05, 3.63) is 37.1 Å². The molecule has 1 amide bonds. The largest absolute Gasteiger partial charge is 0.494 e. The van der Waals surface area contributed by atoms with Gasteiger partial charge in [0.1, 0.15) is 12.4 Å². The predicted molar refractivity (Wildman–Crippen MR) is 89.1 cm³/mol. The number of carbonyl (C=O) groups excluding carboxylic acids is 1. The lowest BCUT2D eigenvalue weighted by Crippen LogP contribution is -2.23. The van der Waals surface area contributed by atoms with Gasteiger partial charge in [-0.05, 0) is 25.3 Å². The van der Waals surface area contributed by atoms with Crippen molar-refractivity contribution >= 4 is 5.91 Å². The van der Waals surface area contributed by atoms with Gasteiger partial charge in [-0.3, -0.25) is 4.79 Å². The highest BCUT2D eigenvalue weighted by atomic mass is 16.5. The molecule has 0 aromatic carbocycles. The zero-order valence-electron chi connectivity index (χ0n) is 13.8. The van der Waals surface area contributed by atoms with Crippen LogP contribution in [0.25, 0.3) is 0 Å². The molecule has 1 N–H and O–H groups in total. The number of ether oxygens (including phenoxy) is 2. The van der Waals surface area contributed by atoms with Crippen LogP contribution in [0.2, 0.25) is 0 Å². The summed E-state index contributed by atoms with van der Waals surface area (Å²) in [6.45, 7) is 12.8. The first kappa shape index (κ1) is 21.7. The Morgan fingerprint density at radius 3 is 2.33 bits per heavy atom. The molecule has 0 aromatic rings. The number of allylic oxidation sites excluding steroid dienone is 3. The minimum atomic E-state index is -0.0838. The fraction of sp³-hybridized carbons (Fsp3) is 0.588. The molecule has 0 aliphatic heterocycles. The number of hydrogen-bond donors (Lipinski definition) is 1. The van der Waals surface area contributed by atoms with E-state index in [2.05, 4.69) is 18.5 Å². The van der Waals surface area contributed by atoms with Gasteiger partial charge in [0.15, 0.2) is 0 Å². The lowest BCUT2D eigenvalue weighted by Gasteiger charge is -2.06. The molecule has 0 bridgehead atoms. The Labute approximate surface area is 129 Å². The van der Waals surface area contributed by atoms with E-state index in [1.165, 1.54) is 0 Å². The highest BCUT2D eigenvalue weighted by Gasteiger charge is 1.97. The van der Waals surface area contributed by atoms with E-state index in [-0.39, 0.29) is 12.5 Å². The van der Waals surface area contributed by atoms with Gasteiger partial charge >= 0.3 is 0 Å². The van der Waals surface area contributed by atoms with E-state index in [1.54, 1.807) is 25.3 Å². The molecule has 0 aliphatic rings. The summed E-state index contributed by atoms with van der Waals surface area (Å²) in [5, 5.41) is 2.51. The van der Waals surface area contributed by atoms with E-state index in [9.17, 15) is 4.79 Å². The second-order valence-electron chi connectivity index (χ2n) is 4.05. The normalized spacial score (nSPS) is 9.67. The van der Waals surface area contributed by atoms with Crippen LogP contribution in [-0.2, 0) is 14.3 Å². The van der Waals surface area contributed by atoms with Crippen LogP contribution < -0.4 is 5.32 Å². The molecule has 0 aromatic heterocycles. The third-order valence-corrected chi connectivity index (χ3v) is 2.40. The van der Waals surface area contributed by atoms with E-state index >= 15 is 0 Å². The van der Waals surface area contributed by atoms with Crippen molar-refractivity contribution in [3.63, 3.8) is 0 Å². The molecule has 0 fully saturated rings. The van der Waals surface area contributed by atoms with Gasteiger partial charge in [0.25, 0.3) is 0 Å². The van der Waals surface area contributed by atoms with Crippen LogP contribution in [0.3, 0.4) is 0 Å². The van der Waals surface area contributed by atoms with Gasteiger partial charge in [-0.2, -0.15) is 0 Å². The van der Waals surface area contributed by atoms with E-state index in [1.807, 2.05) is 13.8 Å². The summed E-state index contributed by atoms with van der Waals surface area (Å²) >= 11 is 0. The molecule has 4 nitrogen and oxygen atoms in total. The molecule has 21 heavy (non-hydrogen) atoms. The Morgan fingerprint density at radius 1 is 1.14 bits per heavy atom. The van der Waals surface area contributed by atoms with Crippen molar-refractivity contribution in [1.82, 2.24) is 5.32 Å². The summed E-state index contributed by atoms with van der Waals surface area (Å²) in [6, 6.07) is 0. The second kappa shape index (κ2) is 18.4. The molecule has 0 heterocycles. The molecular weight excluding hydrogens is 266 g/mol. The third-order valence-electron chi connectivity index (χ3n) is 2.40. The summed E-state index contributed by atoms with van der Waals surface area (Å²) in [5.41, 5.74) is 0.